The maximum absolute atomic E-state index is 4.25. The van der Waals surface area contributed by atoms with Crippen LogP contribution in [0.25, 0.3) is 0 Å². The lowest BCUT2D eigenvalue weighted by molar-refractivity contribution is 1.22. The fourth-order valence-corrected chi connectivity index (χ4v) is 2.75. The van der Waals surface area contributed by atoms with Crippen molar-refractivity contribution in [1.82, 2.24) is 0 Å². The molecule has 3 aromatic rings. The quantitative estimate of drug-likeness (QED) is 0.501. The summed E-state index contributed by atoms with van der Waals surface area (Å²) in [5.74, 6) is 0. The molecule has 0 aliphatic heterocycles. The van der Waals surface area contributed by atoms with Crippen LogP contribution in [0.5, 0.6) is 0 Å². The molecule has 0 radical (unpaired) electrons. The molecule has 0 aliphatic rings. The van der Waals surface area contributed by atoms with E-state index < -0.39 is 0 Å². The molecule has 0 aromatic heterocycles. The summed E-state index contributed by atoms with van der Waals surface area (Å²) in [5.41, 5.74) is 3.00. The molecule has 0 spiro atoms. The van der Waals surface area contributed by atoms with Gasteiger partial charge in [-0.1, -0.05) is 47.7 Å². The van der Waals surface area contributed by atoms with Gasteiger partial charge in [0.15, 0.2) is 0 Å². The molecule has 0 saturated heterocycles. The maximum atomic E-state index is 4.25. The van der Waals surface area contributed by atoms with Crippen molar-refractivity contribution in [2.24, 2.45) is 10.2 Å². The van der Waals surface area contributed by atoms with E-state index >= 15 is 0 Å². The van der Waals surface area contributed by atoms with Crippen LogP contribution in [0.15, 0.2) is 98.9 Å². The third kappa shape index (κ3) is 4.06. The number of hydrogen-bond acceptors (Lipinski definition) is 3. The third-order valence-electron chi connectivity index (χ3n) is 3.13. The van der Waals surface area contributed by atoms with E-state index in [2.05, 4.69) is 53.6 Å². The van der Waals surface area contributed by atoms with Crippen LogP contribution < -0.4 is 0 Å². The van der Waals surface area contributed by atoms with Crippen LogP contribution in [0.4, 0.5) is 11.4 Å². The van der Waals surface area contributed by atoms with Crippen LogP contribution in [0.2, 0.25) is 0 Å². The Morgan fingerprint density at radius 1 is 0.591 bits per heavy atom. The number of azo groups is 1. The Balaban J connectivity index is 1.67. The predicted molar refractivity (Wildman–Crippen MR) is 92.4 cm³/mol. The normalized spacial score (nSPS) is 11.0. The van der Waals surface area contributed by atoms with Crippen molar-refractivity contribution in [3.05, 3.63) is 84.4 Å². The van der Waals surface area contributed by atoms with E-state index in [4.69, 9.17) is 0 Å². The molecule has 0 fully saturated rings. The van der Waals surface area contributed by atoms with Gasteiger partial charge in [-0.3, -0.25) is 0 Å². The first kappa shape index (κ1) is 14.5. The Kier molecular flexibility index (Phi) is 4.66. The second-order valence-corrected chi connectivity index (χ2v) is 6.09. The molecule has 2 nitrogen and oxygen atoms in total. The van der Waals surface area contributed by atoms with Gasteiger partial charge in [0.05, 0.1) is 11.4 Å². The summed E-state index contributed by atoms with van der Waals surface area (Å²) in [6.45, 7) is 2.10. The summed E-state index contributed by atoms with van der Waals surface area (Å²) >= 11 is 1.75. The molecule has 0 aliphatic carbocycles. The standard InChI is InChI=1S/C19H16N2S/c1-15-7-11-18(12-8-15)22-19-13-9-17(10-14-19)21-20-16-5-3-2-4-6-16/h2-14H,1H3. The minimum Gasteiger partial charge on any atom is -0.151 e. The first-order valence-electron chi connectivity index (χ1n) is 7.11. The van der Waals surface area contributed by atoms with Crippen molar-refractivity contribution in [2.45, 2.75) is 16.7 Å². The smallest absolute Gasteiger partial charge is 0.0857 e. The Labute approximate surface area is 134 Å². The Morgan fingerprint density at radius 2 is 1.09 bits per heavy atom. The van der Waals surface area contributed by atoms with Crippen molar-refractivity contribution < 1.29 is 0 Å². The SMILES string of the molecule is Cc1ccc(Sc2ccc(N=Nc3ccccc3)cc2)cc1. The van der Waals surface area contributed by atoms with E-state index in [0.29, 0.717) is 0 Å². The average Bonchev–Trinajstić information content (AvgIpc) is 2.57. The first-order chi connectivity index (χ1) is 10.8. The highest BCUT2D eigenvalue weighted by Crippen LogP contribution is 2.29. The largest absolute Gasteiger partial charge is 0.151 e. The van der Waals surface area contributed by atoms with Gasteiger partial charge in [0.25, 0.3) is 0 Å². The predicted octanol–water partition coefficient (Wildman–Crippen LogP) is 6.56. The highest BCUT2D eigenvalue weighted by atomic mass is 32.2. The summed E-state index contributed by atoms with van der Waals surface area (Å²) < 4.78 is 0. The molecule has 0 amide bonds. The Hall–Kier alpha value is -2.39. The molecule has 0 bridgehead atoms. The maximum Gasteiger partial charge on any atom is 0.0857 e. The van der Waals surface area contributed by atoms with E-state index in [1.807, 2.05) is 42.5 Å². The first-order valence-corrected chi connectivity index (χ1v) is 7.93. The molecule has 0 N–H and O–H groups in total. The zero-order valence-electron chi connectivity index (χ0n) is 12.3. The van der Waals surface area contributed by atoms with Gasteiger partial charge in [-0.25, -0.2) is 0 Å². The molecular formula is C19H16N2S. The van der Waals surface area contributed by atoms with E-state index in [9.17, 15) is 0 Å². The number of benzene rings is 3. The molecule has 108 valence electrons. The molecule has 0 saturated carbocycles. The van der Waals surface area contributed by atoms with Crippen LogP contribution in [0, 0.1) is 6.92 Å². The summed E-state index contributed by atoms with van der Waals surface area (Å²) in [7, 11) is 0. The zero-order chi connectivity index (χ0) is 15.2. The molecule has 0 heterocycles. The highest BCUT2D eigenvalue weighted by Gasteiger charge is 1.98. The number of nitrogens with zero attached hydrogens (tertiary/aromatic N) is 2. The molecule has 0 atom stereocenters. The number of hydrogen-bond donors (Lipinski definition) is 0. The fraction of sp³-hybridized carbons (Fsp3) is 0.0526. The second-order valence-electron chi connectivity index (χ2n) is 4.94. The molecule has 3 heteroatoms. The van der Waals surface area contributed by atoms with Crippen LogP contribution in [0.1, 0.15) is 5.56 Å². The number of aryl methyl sites for hydroxylation is 1. The second kappa shape index (κ2) is 7.05. The molecule has 3 rings (SSSR count). The lowest BCUT2D eigenvalue weighted by Gasteiger charge is -2.02. The summed E-state index contributed by atoms with van der Waals surface area (Å²) in [6, 6.07) is 26.4. The van der Waals surface area contributed by atoms with Gasteiger partial charge >= 0.3 is 0 Å². The topological polar surface area (TPSA) is 24.7 Å². The van der Waals surface area contributed by atoms with Crippen LogP contribution in [0.3, 0.4) is 0 Å². The van der Waals surface area contributed by atoms with Crippen molar-refractivity contribution in [2.75, 3.05) is 0 Å². The molecule has 22 heavy (non-hydrogen) atoms. The van der Waals surface area contributed by atoms with E-state index in [0.717, 1.165) is 11.4 Å². The average molecular weight is 304 g/mol. The zero-order valence-corrected chi connectivity index (χ0v) is 13.1. The minimum atomic E-state index is 0.858. The monoisotopic (exact) mass is 304 g/mol. The van der Waals surface area contributed by atoms with Crippen molar-refractivity contribution >= 4 is 23.1 Å². The van der Waals surface area contributed by atoms with E-state index in [1.54, 1.807) is 11.8 Å². The van der Waals surface area contributed by atoms with Gasteiger partial charge in [0.2, 0.25) is 0 Å². The van der Waals surface area contributed by atoms with Crippen LogP contribution in [-0.2, 0) is 0 Å². The molecular weight excluding hydrogens is 288 g/mol. The van der Waals surface area contributed by atoms with Gasteiger partial charge in [-0.15, -0.1) is 0 Å². The van der Waals surface area contributed by atoms with Gasteiger partial charge in [0, 0.05) is 9.79 Å². The fourth-order valence-electron chi connectivity index (χ4n) is 1.93. The number of rotatable bonds is 4. The lowest BCUT2D eigenvalue weighted by Crippen LogP contribution is -1.75. The Morgan fingerprint density at radius 3 is 1.68 bits per heavy atom. The summed E-state index contributed by atoms with van der Waals surface area (Å²) in [6.07, 6.45) is 0. The van der Waals surface area contributed by atoms with Gasteiger partial charge in [-0.05, 0) is 55.5 Å². The van der Waals surface area contributed by atoms with Crippen LogP contribution >= 0.6 is 11.8 Å². The van der Waals surface area contributed by atoms with E-state index in [-0.39, 0.29) is 0 Å². The lowest BCUT2D eigenvalue weighted by atomic mass is 10.2. The van der Waals surface area contributed by atoms with Gasteiger partial charge in [-0.2, -0.15) is 10.2 Å². The van der Waals surface area contributed by atoms with Crippen molar-refractivity contribution in [1.29, 1.82) is 0 Å². The van der Waals surface area contributed by atoms with Crippen LogP contribution in [-0.4, -0.2) is 0 Å². The summed E-state index contributed by atoms with van der Waals surface area (Å²) in [5, 5.41) is 8.47. The van der Waals surface area contributed by atoms with Crippen molar-refractivity contribution in [3.8, 4) is 0 Å². The summed E-state index contributed by atoms with van der Waals surface area (Å²) in [4.78, 5) is 2.44. The third-order valence-corrected chi connectivity index (χ3v) is 4.15. The minimum absolute atomic E-state index is 0.858. The van der Waals surface area contributed by atoms with Crippen molar-refractivity contribution in [3.63, 3.8) is 0 Å². The molecule has 3 aromatic carbocycles. The van der Waals surface area contributed by atoms with Gasteiger partial charge < -0.3 is 0 Å². The molecule has 0 unspecified atom stereocenters. The van der Waals surface area contributed by atoms with Gasteiger partial charge in [0.1, 0.15) is 0 Å². The Bertz CT molecular complexity index is 748. The van der Waals surface area contributed by atoms with E-state index in [1.165, 1.54) is 15.4 Å². The highest BCUT2D eigenvalue weighted by molar-refractivity contribution is 7.99.